The molecule has 2 aliphatic carbocycles. The molecular weight excluding hydrogens is 316 g/mol. The highest BCUT2D eigenvalue weighted by Crippen LogP contribution is 2.39. The van der Waals surface area contributed by atoms with Gasteiger partial charge in [-0.3, -0.25) is 5.10 Å². The van der Waals surface area contributed by atoms with E-state index in [4.69, 9.17) is 4.74 Å². The Morgan fingerprint density at radius 3 is 2.96 bits per heavy atom. The smallest absolute Gasteiger partial charge is 0.410 e. The van der Waals surface area contributed by atoms with Crippen molar-refractivity contribution in [3.8, 4) is 0 Å². The van der Waals surface area contributed by atoms with Gasteiger partial charge in [0.1, 0.15) is 5.60 Å². The molecule has 3 aliphatic rings. The molecule has 1 aliphatic heterocycles. The molecule has 1 aromatic rings. The molecule has 1 saturated heterocycles. The van der Waals surface area contributed by atoms with E-state index in [1.54, 1.807) is 0 Å². The third-order valence-electron chi connectivity index (χ3n) is 5.98. The van der Waals surface area contributed by atoms with Gasteiger partial charge in [0.2, 0.25) is 0 Å². The van der Waals surface area contributed by atoms with E-state index in [-0.39, 0.29) is 6.09 Å². The summed E-state index contributed by atoms with van der Waals surface area (Å²) in [5.41, 5.74) is 2.25. The maximum absolute atomic E-state index is 12.4. The van der Waals surface area contributed by atoms with E-state index in [2.05, 4.69) is 15.5 Å². The van der Waals surface area contributed by atoms with Crippen LogP contribution in [0.25, 0.3) is 0 Å². The maximum atomic E-state index is 12.4. The molecular formula is C19H30N4O2. The Bertz CT molecular complexity index is 636. The molecule has 2 N–H and O–H groups in total. The van der Waals surface area contributed by atoms with Crippen molar-refractivity contribution in [2.24, 2.45) is 11.8 Å². The molecule has 6 heteroatoms. The molecule has 0 radical (unpaired) electrons. The van der Waals surface area contributed by atoms with E-state index in [1.807, 2.05) is 31.9 Å². The Labute approximate surface area is 149 Å². The largest absolute Gasteiger partial charge is 0.444 e. The molecule has 138 valence electrons. The zero-order chi connectivity index (χ0) is 17.6. The van der Waals surface area contributed by atoms with Gasteiger partial charge < -0.3 is 15.0 Å². The third-order valence-corrected chi connectivity index (χ3v) is 5.98. The monoisotopic (exact) mass is 346 g/mol. The van der Waals surface area contributed by atoms with Crippen molar-refractivity contribution < 1.29 is 9.53 Å². The highest BCUT2D eigenvalue weighted by atomic mass is 16.6. The third kappa shape index (κ3) is 3.54. The number of hydrogen-bond donors (Lipinski definition) is 2. The number of nitrogens with one attached hydrogen (secondary N) is 2. The molecule has 0 bridgehead atoms. The molecule has 0 aromatic carbocycles. The number of aryl methyl sites for hydroxylation is 1. The minimum absolute atomic E-state index is 0.152. The molecule has 2 fully saturated rings. The summed E-state index contributed by atoms with van der Waals surface area (Å²) in [6.45, 7) is 7.48. The summed E-state index contributed by atoms with van der Waals surface area (Å²) in [6.07, 6.45) is 7.57. The quantitative estimate of drug-likeness (QED) is 0.863. The lowest BCUT2D eigenvalue weighted by molar-refractivity contribution is 0.0278. The van der Waals surface area contributed by atoms with Gasteiger partial charge in [0.15, 0.2) is 0 Å². The Balaban J connectivity index is 1.34. The number of ether oxygens (including phenoxy) is 1. The predicted molar refractivity (Wildman–Crippen MR) is 95.3 cm³/mol. The van der Waals surface area contributed by atoms with Gasteiger partial charge in [-0.15, -0.1) is 0 Å². The van der Waals surface area contributed by atoms with Crippen molar-refractivity contribution in [1.29, 1.82) is 0 Å². The summed E-state index contributed by atoms with van der Waals surface area (Å²) in [4.78, 5) is 14.3. The molecule has 25 heavy (non-hydrogen) atoms. The SMILES string of the molecule is CC(C)(C)OC(=O)N1CC2CCC(NC3CCc4cn[nH]c4C3)C2C1. The number of hydrogen-bond acceptors (Lipinski definition) is 4. The summed E-state index contributed by atoms with van der Waals surface area (Å²) >= 11 is 0. The number of H-pyrrole nitrogens is 1. The van der Waals surface area contributed by atoms with Gasteiger partial charge in [0.25, 0.3) is 0 Å². The van der Waals surface area contributed by atoms with Crippen molar-refractivity contribution in [1.82, 2.24) is 20.4 Å². The maximum Gasteiger partial charge on any atom is 0.410 e. The highest BCUT2D eigenvalue weighted by molar-refractivity contribution is 5.68. The average molecular weight is 346 g/mol. The fourth-order valence-corrected chi connectivity index (χ4v) is 4.80. The number of amides is 1. The lowest BCUT2D eigenvalue weighted by Crippen LogP contribution is -2.45. The molecule has 4 rings (SSSR count). The van der Waals surface area contributed by atoms with Crippen LogP contribution in [-0.4, -0.2) is 52.0 Å². The fraction of sp³-hybridized carbons (Fsp3) is 0.789. The second-order valence-corrected chi connectivity index (χ2v) is 8.97. The van der Waals surface area contributed by atoms with Crippen molar-refractivity contribution in [2.45, 2.75) is 70.6 Å². The van der Waals surface area contributed by atoms with Crippen molar-refractivity contribution in [3.63, 3.8) is 0 Å². The summed E-state index contributed by atoms with van der Waals surface area (Å²) in [5.74, 6) is 1.19. The van der Waals surface area contributed by atoms with Gasteiger partial charge in [0.05, 0.1) is 6.20 Å². The number of aromatic nitrogens is 2. The molecule has 1 saturated carbocycles. The van der Waals surface area contributed by atoms with Crippen LogP contribution in [0, 0.1) is 11.8 Å². The highest BCUT2D eigenvalue weighted by Gasteiger charge is 2.45. The molecule has 0 spiro atoms. The van der Waals surface area contributed by atoms with E-state index in [0.29, 0.717) is 23.9 Å². The van der Waals surface area contributed by atoms with Crippen LogP contribution in [0.2, 0.25) is 0 Å². The van der Waals surface area contributed by atoms with Crippen molar-refractivity contribution in [2.75, 3.05) is 13.1 Å². The Morgan fingerprint density at radius 1 is 1.32 bits per heavy atom. The Kier molecular flexibility index (Phi) is 4.26. The number of rotatable bonds is 2. The van der Waals surface area contributed by atoms with E-state index in [1.165, 1.54) is 30.5 Å². The second-order valence-electron chi connectivity index (χ2n) is 8.97. The zero-order valence-electron chi connectivity index (χ0n) is 15.5. The van der Waals surface area contributed by atoms with Crippen LogP contribution >= 0.6 is 0 Å². The van der Waals surface area contributed by atoms with Crippen LogP contribution in [-0.2, 0) is 17.6 Å². The number of fused-ring (bicyclic) bond motifs is 2. The van der Waals surface area contributed by atoms with Crippen molar-refractivity contribution >= 4 is 6.09 Å². The predicted octanol–water partition coefficient (Wildman–Crippen LogP) is 2.50. The van der Waals surface area contributed by atoms with Gasteiger partial charge in [-0.1, -0.05) is 0 Å². The lowest BCUT2D eigenvalue weighted by atomic mass is 9.91. The first-order chi connectivity index (χ1) is 11.9. The number of aromatic amines is 1. The van der Waals surface area contributed by atoms with E-state index < -0.39 is 5.60 Å². The number of likely N-dealkylation sites (tertiary alicyclic amines) is 1. The van der Waals surface area contributed by atoms with Crippen LogP contribution < -0.4 is 5.32 Å². The van der Waals surface area contributed by atoms with Crippen LogP contribution in [0.15, 0.2) is 6.20 Å². The minimum Gasteiger partial charge on any atom is -0.444 e. The fourth-order valence-electron chi connectivity index (χ4n) is 4.80. The number of carbonyl (C=O) groups is 1. The average Bonchev–Trinajstić information content (AvgIpc) is 3.21. The van der Waals surface area contributed by atoms with Crippen LogP contribution in [0.5, 0.6) is 0 Å². The van der Waals surface area contributed by atoms with Crippen LogP contribution in [0.3, 0.4) is 0 Å². The number of carbonyl (C=O) groups excluding carboxylic acids is 1. The summed E-state index contributed by atoms with van der Waals surface area (Å²) in [6, 6.07) is 1.04. The molecule has 1 amide bonds. The van der Waals surface area contributed by atoms with Gasteiger partial charge >= 0.3 is 6.09 Å². The topological polar surface area (TPSA) is 70.2 Å². The Morgan fingerprint density at radius 2 is 2.16 bits per heavy atom. The number of nitrogens with zero attached hydrogens (tertiary/aromatic N) is 2. The standard InChI is InChI=1S/C19H30N4O2/c1-19(2,3)25-18(24)23-10-13-5-7-16(15(13)11-23)21-14-6-4-12-9-20-22-17(12)8-14/h9,13-16,21H,4-8,10-11H2,1-3H3,(H,20,22). The van der Waals surface area contributed by atoms with E-state index >= 15 is 0 Å². The van der Waals surface area contributed by atoms with E-state index in [9.17, 15) is 4.79 Å². The first-order valence-electron chi connectivity index (χ1n) is 9.64. The van der Waals surface area contributed by atoms with Crippen LogP contribution in [0.4, 0.5) is 4.79 Å². The molecule has 6 nitrogen and oxygen atoms in total. The van der Waals surface area contributed by atoms with Crippen molar-refractivity contribution in [3.05, 3.63) is 17.5 Å². The minimum atomic E-state index is -0.420. The summed E-state index contributed by atoms with van der Waals surface area (Å²) in [7, 11) is 0. The molecule has 2 heterocycles. The summed E-state index contributed by atoms with van der Waals surface area (Å²) in [5, 5.41) is 11.2. The molecule has 1 aromatic heterocycles. The van der Waals surface area contributed by atoms with Gasteiger partial charge in [0, 0.05) is 37.3 Å². The van der Waals surface area contributed by atoms with Gasteiger partial charge in [-0.25, -0.2) is 4.79 Å². The lowest BCUT2D eigenvalue weighted by Gasteiger charge is -2.30. The molecule has 4 unspecified atom stereocenters. The Hall–Kier alpha value is -1.56. The summed E-state index contributed by atoms with van der Waals surface area (Å²) < 4.78 is 5.56. The molecule has 4 atom stereocenters. The van der Waals surface area contributed by atoms with Gasteiger partial charge in [-0.2, -0.15) is 5.10 Å². The second kappa shape index (κ2) is 6.31. The first-order valence-corrected chi connectivity index (χ1v) is 9.64. The van der Waals surface area contributed by atoms with E-state index in [0.717, 1.165) is 25.9 Å². The van der Waals surface area contributed by atoms with Gasteiger partial charge in [-0.05, 0) is 63.9 Å². The van der Waals surface area contributed by atoms with Crippen LogP contribution in [0.1, 0.15) is 51.3 Å². The first kappa shape index (κ1) is 16.9. The normalized spacial score (nSPS) is 31.7. The zero-order valence-corrected chi connectivity index (χ0v) is 15.5.